The summed E-state index contributed by atoms with van der Waals surface area (Å²) in [6, 6.07) is 9.80. The van der Waals surface area contributed by atoms with Crippen LogP contribution in [0.3, 0.4) is 0 Å². The third-order valence-corrected chi connectivity index (χ3v) is 8.69. The molecule has 44 heavy (non-hydrogen) atoms. The first-order valence-electron chi connectivity index (χ1n) is 15.7. The van der Waals surface area contributed by atoms with Crippen molar-refractivity contribution in [3.05, 3.63) is 53.9 Å². The van der Waals surface area contributed by atoms with E-state index in [4.69, 9.17) is 14.2 Å². The maximum absolute atomic E-state index is 12.0. The zero-order chi connectivity index (χ0) is 30.7. The summed E-state index contributed by atoms with van der Waals surface area (Å²) in [6.45, 7) is 4.04. The van der Waals surface area contributed by atoms with Crippen molar-refractivity contribution in [2.24, 2.45) is 0 Å². The molecule has 4 saturated heterocycles. The Morgan fingerprint density at radius 2 is 1.66 bits per heavy atom. The predicted molar refractivity (Wildman–Crippen MR) is 161 cm³/mol. The number of pyridine rings is 1. The maximum atomic E-state index is 12.0. The molecule has 4 aliphatic rings. The van der Waals surface area contributed by atoms with Gasteiger partial charge in [-0.05, 0) is 55.9 Å². The van der Waals surface area contributed by atoms with E-state index >= 15 is 0 Å². The lowest BCUT2D eigenvalue weighted by Gasteiger charge is -2.37. The van der Waals surface area contributed by atoms with E-state index < -0.39 is 0 Å². The van der Waals surface area contributed by atoms with Gasteiger partial charge in [0.15, 0.2) is 0 Å². The van der Waals surface area contributed by atoms with Gasteiger partial charge in [0.05, 0.1) is 19.1 Å². The van der Waals surface area contributed by atoms with Crippen molar-refractivity contribution < 1.29 is 33.4 Å². The number of benzene rings is 1. The number of carbonyl (C=O) groups excluding carboxylic acids is 4. The third-order valence-electron chi connectivity index (χ3n) is 8.69. The van der Waals surface area contributed by atoms with Gasteiger partial charge in [0.1, 0.15) is 24.7 Å². The second-order valence-corrected chi connectivity index (χ2v) is 11.7. The first-order chi connectivity index (χ1) is 21.5. The minimum absolute atomic E-state index is 0.216. The van der Waals surface area contributed by atoms with Crippen molar-refractivity contribution in [2.45, 2.75) is 69.2 Å². The van der Waals surface area contributed by atoms with Crippen molar-refractivity contribution in [2.75, 3.05) is 46.1 Å². The van der Waals surface area contributed by atoms with E-state index in [1.165, 1.54) is 25.7 Å². The molecule has 11 nitrogen and oxygen atoms in total. The van der Waals surface area contributed by atoms with E-state index in [-0.39, 0.29) is 23.7 Å². The Bertz CT molecular complexity index is 1280. The SMILES string of the molecule is O=C1CCCCC2CCCN12.O=CN1CC(c2cnccc2OCCOCCOc2ccc(C3CCC(=O)NC3=O)cc2)C1. The minimum Gasteiger partial charge on any atom is -0.491 e. The number of ether oxygens (including phenoxy) is 3. The highest BCUT2D eigenvalue weighted by molar-refractivity contribution is 6.00. The smallest absolute Gasteiger partial charge is 0.234 e. The second-order valence-electron chi connectivity index (χ2n) is 11.7. The summed E-state index contributed by atoms with van der Waals surface area (Å²) < 4.78 is 17.1. The standard InChI is InChI=1S/C24H27N3O6.C9H15NO/c28-16-27-14-18(15-27)21-13-25-8-7-22(21)33-12-10-31-9-11-32-19-3-1-17(2-4-19)20-5-6-23(29)26-24(20)30;11-9-6-2-1-4-8-5-3-7-10(8)9/h1-4,7-8,13,16,18,20H,5-6,9-12,14-15H2,(H,26,29,30);8H,1-7H2. The molecule has 0 saturated carbocycles. The van der Waals surface area contributed by atoms with E-state index in [2.05, 4.69) is 15.2 Å². The summed E-state index contributed by atoms with van der Waals surface area (Å²) in [4.78, 5) is 53.4. The maximum Gasteiger partial charge on any atom is 0.234 e. The van der Waals surface area contributed by atoms with Crippen LogP contribution < -0.4 is 14.8 Å². The van der Waals surface area contributed by atoms with Crippen molar-refractivity contribution in [1.29, 1.82) is 0 Å². The Morgan fingerprint density at radius 1 is 0.886 bits per heavy atom. The molecule has 4 fully saturated rings. The molecule has 4 amide bonds. The summed E-state index contributed by atoms with van der Waals surface area (Å²) in [5.41, 5.74) is 1.89. The monoisotopic (exact) mass is 606 g/mol. The Balaban J connectivity index is 0.000000291. The normalized spacial score (nSPS) is 21.8. The van der Waals surface area contributed by atoms with E-state index in [9.17, 15) is 19.2 Å². The number of amides is 4. The average molecular weight is 607 g/mol. The molecule has 0 radical (unpaired) electrons. The second kappa shape index (κ2) is 15.7. The molecule has 1 N–H and O–H groups in total. The van der Waals surface area contributed by atoms with Crippen molar-refractivity contribution in [1.82, 2.24) is 20.1 Å². The predicted octanol–water partition coefficient (Wildman–Crippen LogP) is 3.18. The number of aromatic nitrogens is 1. The molecule has 0 spiro atoms. The molecule has 2 atom stereocenters. The Kier molecular flexibility index (Phi) is 11.2. The number of fused-ring (bicyclic) bond motifs is 1. The quantitative estimate of drug-likeness (QED) is 0.235. The molecular formula is C33H42N4O7. The van der Waals surface area contributed by atoms with Gasteiger partial charge < -0.3 is 24.0 Å². The van der Waals surface area contributed by atoms with Gasteiger partial charge in [0.25, 0.3) is 0 Å². The highest BCUT2D eigenvalue weighted by Crippen LogP contribution is 2.32. The van der Waals surface area contributed by atoms with Crippen LogP contribution in [0.4, 0.5) is 0 Å². The number of piperidine rings is 1. The summed E-state index contributed by atoms with van der Waals surface area (Å²) in [6.07, 6.45) is 12.1. The Labute approximate surface area is 258 Å². The molecule has 2 aromatic rings. The summed E-state index contributed by atoms with van der Waals surface area (Å²) in [5.74, 6) is 1.37. The molecule has 6 rings (SSSR count). The van der Waals surface area contributed by atoms with Gasteiger partial charge in [0, 0.05) is 62.4 Å². The van der Waals surface area contributed by atoms with Gasteiger partial charge in [-0.25, -0.2) is 0 Å². The number of likely N-dealkylation sites (tertiary alicyclic amines) is 1. The number of hydrogen-bond donors (Lipinski definition) is 1. The summed E-state index contributed by atoms with van der Waals surface area (Å²) in [7, 11) is 0. The molecule has 0 aliphatic carbocycles. The van der Waals surface area contributed by atoms with E-state index in [1.54, 1.807) is 17.3 Å². The van der Waals surface area contributed by atoms with Crippen molar-refractivity contribution in [3.63, 3.8) is 0 Å². The Morgan fingerprint density at radius 3 is 2.43 bits per heavy atom. The number of carbonyl (C=O) groups is 4. The van der Waals surface area contributed by atoms with E-state index in [0.717, 1.165) is 42.7 Å². The van der Waals surface area contributed by atoms with Gasteiger partial charge >= 0.3 is 0 Å². The van der Waals surface area contributed by atoms with Gasteiger partial charge in [-0.3, -0.25) is 29.5 Å². The van der Waals surface area contributed by atoms with E-state index in [0.29, 0.717) is 70.1 Å². The molecule has 11 heteroatoms. The minimum atomic E-state index is -0.297. The van der Waals surface area contributed by atoms with Crippen LogP contribution in [0.1, 0.15) is 74.3 Å². The zero-order valence-electron chi connectivity index (χ0n) is 25.2. The lowest BCUT2D eigenvalue weighted by atomic mass is 9.90. The van der Waals surface area contributed by atoms with Crippen LogP contribution in [0.2, 0.25) is 0 Å². The zero-order valence-corrected chi connectivity index (χ0v) is 25.2. The third kappa shape index (κ3) is 8.34. The lowest BCUT2D eigenvalue weighted by molar-refractivity contribution is -0.134. The molecule has 2 unspecified atom stereocenters. The van der Waals surface area contributed by atoms with Crippen LogP contribution in [-0.2, 0) is 23.9 Å². The molecule has 5 heterocycles. The molecule has 1 aromatic carbocycles. The molecule has 236 valence electrons. The molecule has 0 bridgehead atoms. The summed E-state index contributed by atoms with van der Waals surface area (Å²) in [5, 5.41) is 2.38. The number of hydrogen-bond acceptors (Lipinski definition) is 8. The van der Waals surface area contributed by atoms with Crippen LogP contribution in [0.15, 0.2) is 42.7 Å². The van der Waals surface area contributed by atoms with Crippen molar-refractivity contribution in [3.8, 4) is 11.5 Å². The van der Waals surface area contributed by atoms with Gasteiger partial charge in [-0.1, -0.05) is 18.6 Å². The first kappa shape index (κ1) is 31.4. The average Bonchev–Trinajstić information content (AvgIpc) is 3.41. The number of imide groups is 1. The van der Waals surface area contributed by atoms with Gasteiger partial charge in [-0.2, -0.15) is 0 Å². The van der Waals surface area contributed by atoms with Gasteiger partial charge in [0.2, 0.25) is 24.1 Å². The number of rotatable bonds is 11. The fourth-order valence-electron chi connectivity index (χ4n) is 6.23. The van der Waals surface area contributed by atoms with Crippen LogP contribution in [0.5, 0.6) is 11.5 Å². The van der Waals surface area contributed by atoms with E-state index in [1.807, 2.05) is 30.3 Å². The van der Waals surface area contributed by atoms with Gasteiger partial charge in [-0.15, -0.1) is 0 Å². The highest BCUT2D eigenvalue weighted by Gasteiger charge is 2.31. The molecule has 1 aromatic heterocycles. The van der Waals surface area contributed by atoms with Crippen LogP contribution in [-0.4, -0.2) is 91.0 Å². The van der Waals surface area contributed by atoms with Crippen molar-refractivity contribution >= 4 is 24.1 Å². The summed E-state index contributed by atoms with van der Waals surface area (Å²) >= 11 is 0. The highest BCUT2D eigenvalue weighted by atomic mass is 16.5. The molecular weight excluding hydrogens is 564 g/mol. The first-order valence-corrected chi connectivity index (χ1v) is 15.7. The molecule has 4 aliphatic heterocycles. The fraction of sp³-hybridized carbons (Fsp3) is 0.545. The van der Waals surface area contributed by atoms with Crippen LogP contribution in [0, 0.1) is 0 Å². The Hall–Kier alpha value is -3.99. The lowest BCUT2D eigenvalue weighted by Crippen LogP contribution is -2.43. The largest absolute Gasteiger partial charge is 0.491 e. The van der Waals surface area contributed by atoms with Crippen LogP contribution in [0.25, 0.3) is 0 Å². The topological polar surface area (TPSA) is 127 Å². The number of nitrogens with one attached hydrogen (secondary N) is 1. The fourth-order valence-corrected chi connectivity index (χ4v) is 6.23. The number of nitrogens with zero attached hydrogens (tertiary/aromatic N) is 3. The van der Waals surface area contributed by atoms with Crippen LogP contribution >= 0.6 is 0 Å².